The van der Waals surface area contributed by atoms with Gasteiger partial charge in [-0.15, -0.1) is 0 Å². The molecule has 1 N–H and O–H groups in total. The summed E-state index contributed by atoms with van der Waals surface area (Å²) < 4.78 is 11.7. The van der Waals surface area contributed by atoms with Crippen molar-refractivity contribution in [3.8, 4) is 0 Å². The molecule has 1 heterocycles. The molecular formula is C17H19NO2. The molecule has 3 rings (SSSR count). The van der Waals surface area contributed by atoms with Crippen LogP contribution in [0, 0.1) is 0 Å². The Labute approximate surface area is 119 Å². The van der Waals surface area contributed by atoms with Crippen molar-refractivity contribution >= 4 is 5.69 Å². The van der Waals surface area contributed by atoms with E-state index < -0.39 is 5.60 Å². The molecule has 0 radical (unpaired) electrons. The van der Waals surface area contributed by atoms with E-state index in [4.69, 9.17) is 9.47 Å². The first-order valence-electron chi connectivity index (χ1n) is 6.95. The summed E-state index contributed by atoms with van der Waals surface area (Å²) in [7, 11) is 0. The highest BCUT2D eigenvalue weighted by Gasteiger charge is 2.36. The fourth-order valence-corrected chi connectivity index (χ4v) is 2.49. The third-order valence-electron chi connectivity index (χ3n) is 3.59. The van der Waals surface area contributed by atoms with Gasteiger partial charge in [0.2, 0.25) is 0 Å². The van der Waals surface area contributed by atoms with E-state index in [0.29, 0.717) is 26.4 Å². The molecule has 2 aromatic carbocycles. The largest absolute Gasteiger partial charge is 0.382 e. The molecule has 0 aromatic heterocycles. The van der Waals surface area contributed by atoms with Crippen molar-refractivity contribution in [3.63, 3.8) is 0 Å². The van der Waals surface area contributed by atoms with Crippen LogP contribution in [0.1, 0.15) is 5.56 Å². The number of hydrogen-bond acceptors (Lipinski definition) is 3. The van der Waals surface area contributed by atoms with Crippen LogP contribution in [-0.2, 0) is 15.1 Å². The van der Waals surface area contributed by atoms with Gasteiger partial charge in [0.1, 0.15) is 5.60 Å². The highest BCUT2D eigenvalue weighted by molar-refractivity contribution is 5.43. The lowest BCUT2D eigenvalue weighted by molar-refractivity contribution is -0.155. The number of rotatable bonds is 4. The van der Waals surface area contributed by atoms with E-state index in [0.717, 1.165) is 11.3 Å². The highest BCUT2D eigenvalue weighted by Crippen LogP contribution is 2.29. The molecule has 2 aromatic rings. The number of hydrogen-bond donors (Lipinski definition) is 1. The second-order valence-corrected chi connectivity index (χ2v) is 4.98. The zero-order valence-electron chi connectivity index (χ0n) is 11.4. The molecule has 3 nitrogen and oxygen atoms in total. The van der Waals surface area contributed by atoms with Gasteiger partial charge in [0.25, 0.3) is 0 Å². The molecule has 1 aliphatic heterocycles. The zero-order valence-corrected chi connectivity index (χ0v) is 11.4. The Bertz CT molecular complexity index is 521. The first kappa shape index (κ1) is 13.2. The smallest absolute Gasteiger partial charge is 0.133 e. The number of ether oxygens (including phenoxy) is 2. The van der Waals surface area contributed by atoms with Crippen molar-refractivity contribution in [1.82, 2.24) is 0 Å². The van der Waals surface area contributed by atoms with Gasteiger partial charge in [-0.1, -0.05) is 48.5 Å². The molecule has 1 fully saturated rings. The zero-order chi connectivity index (χ0) is 13.7. The van der Waals surface area contributed by atoms with Crippen molar-refractivity contribution in [2.75, 3.05) is 31.7 Å². The third-order valence-corrected chi connectivity index (χ3v) is 3.59. The van der Waals surface area contributed by atoms with Gasteiger partial charge in [0, 0.05) is 5.69 Å². The van der Waals surface area contributed by atoms with Crippen LogP contribution < -0.4 is 5.32 Å². The van der Waals surface area contributed by atoms with Gasteiger partial charge in [-0.3, -0.25) is 0 Å². The van der Waals surface area contributed by atoms with Gasteiger partial charge < -0.3 is 14.8 Å². The Kier molecular flexibility index (Phi) is 4.00. The minimum Gasteiger partial charge on any atom is -0.382 e. The summed E-state index contributed by atoms with van der Waals surface area (Å²) >= 11 is 0. The van der Waals surface area contributed by atoms with Crippen molar-refractivity contribution in [1.29, 1.82) is 0 Å². The monoisotopic (exact) mass is 269 g/mol. The average Bonchev–Trinajstić information content (AvgIpc) is 2.56. The van der Waals surface area contributed by atoms with Crippen molar-refractivity contribution < 1.29 is 9.47 Å². The fraction of sp³-hybridized carbons (Fsp3) is 0.294. The van der Waals surface area contributed by atoms with E-state index in [1.807, 2.05) is 36.4 Å². The molecule has 0 amide bonds. The second kappa shape index (κ2) is 6.07. The highest BCUT2D eigenvalue weighted by atomic mass is 16.6. The summed E-state index contributed by atoms with van der Waals surface area (Å²) in [6.45, 7) is 2.57. The number of anilines is 1. The predicted octanol–water partition coefficient (Wildman–Crippen LogP) is 3.04. The van der Waals surface area contributed by atoms with Gasteiger partial charge in [-0.05, 0) is 17.7 Å². The molecule has 1 saturated heterocycles. The van der Waals surface area contributed by atoms with E-state index >= 15 is 0 Å². The van der Waals surface area contributed by atoms with Gasteiger partial charge >= 0.3 is 0 Å². The molecule has 0 aliphatic carbocycles. The normalized spacial score (nSPS) is 22.4. The first-order chi connectivity index (χ1) is 9.89. The maximum atomic E-state index is 6.09. The summed E-state index contributed by atoms with van der Waals surface area (Å²) in [4.78, 5) is 0. The lowest BCUT2D eigenvalue weighted by atomic mass is 9.93. The third kappa shape index (κ3) is 2.84. The lowest BCUT2D eigenvalue weighted by Gasteiger charge is -2.38. The van der Waals surface area contributed by atoms with Gasteiger partial charge in [0.05, 0.1) is 26.4 Å². The molecule has 20 heavy (non-hydrogen) atoms. The summed E-state index contributed by atoms with van der Waals surface area (Å²) in [5.74, 6) is 0. The number of para-hydroxylation sites is 1. The van der Waals surface area contributed by atoms with Crippen LogP contribution in [0.3, 0.4) is 0 Å². The summed E-state index contributed by atoms with van der Waals surface area (Å²) in [5.41, 5.74) is 1.84. The van der Waals surface area contributed by atoms with E-state index in [1.165, 1.54) is 0 Å². The topological polar surface area (TPSA) is 30.5 Å². The number of nitrogens with one attached hydrogen (secondary N) is 1. The van der Waals surface area contributed by atoms with Crippen LogP contribution in [-0.4, -0.2) is 26.4 Å². The number of benzene rings is 2. The van der Waals surface area contributed by atoms with Crippen molar-refractivity contribution in [2.24, 2.45) is 0 Å². The molecule has 1 atom stereocenters. The van der Waals surface area contributed by atoms with Crippen LogP contribution in [0.4, 0.5) is 5.69 Å². The Morgan fingerprint density at radius 3 is 2.25 bits per heavy atom. The van der Waals surface area contributed by atoms with Crippen LogP contribution >= 0.6 is 0 Å². The molecule has 104 valence electrons. The average molecular weight is 269 g/mol. The predicted molar refractivity (Wildman–Crippen MR) is 79.8 cm³/mol. The van der Waals surface area contributed by atoms with E-state index in [9.17, 15) is 0 Å². The minimum absolute atomic E-state index is 0.407. The summed E-state index contributed by atoms with van der Waals surface area (Å²) in [6.07, 6.45) is 0. The van der Waals surface area contributed by atoms with Gasteiger partial charge in [0.15, 0.2) is 0 Å². The van der Waals surface area contributed by atoms with Crippen LogP contribution in [0.25, 0.3) is 0 Å². The van der Waals surface area contributed by atoms with Crippen molar-refractivity contribution in [2.45, 2.75) is 5.60 Å². The Hall–Kier alpha value is -1.84. The molecule has 3 heteroatoms. The summed E-state index contributed by atoms with van der Waals surface area (Å²) in [6, 6.07) is 20.5. The first-order valence-corrected chi connectivity index (χ1v) is 6.95. The van der Waals surface area contributed by atoms with Crippen LogP contribution in [0.2, 0.25) is 0 Å². The van der Waals surface area contributed by atoms with Crippen LogP contribution in [0.5, 0.6) is 0 Å². The molecule has 1 unspecified atom stereocenters. The molecule has 0 saturated carbocycles. The van der Waals surface area contributed by atoms with E-state index in [1.54, 1.807) is 0 Å². The van der Waals surface area contributed by atoms with Gasteiger partial charge in [-0.2, -0.15) is 0 Å². The maximum Gasteiger partial charge on any atom is 0.133 e. The standard InChI is InChI=1S/C17H19NO2/c1-3-7-15(8-4-1)17(14-19-11-12-20-17)13-18-16-9-5-2-6-10-16/h1-10,18H,11-14H2. The maximum absolute atomic E-state index is 6.09. The Balaban J connectivity index is 1.80. The van der Waals surface area contributed by atoms with Crippen LogP contribution in [0.15, 0.2) is 60.7 Å². The molecule has 1 aliphatic rings. The second-order valence-electron chi connectivity index (χ2n) is 4.98. The molecule has 0 bridgehead atoms. The lowest BCUT2D eigenvalue weighted by Crippen LogP contribution is -2.46. The van der Waals surface area contributed by atoms with Gasteiger partial charge in [-0.25, -0.2) is 0 Å². The summed E-state index contributed by atoms with van der Waals surface area (Å²) in [5, 5.41) is 3.45. The van der Waals surface area contributed by atoms with E-state index in [-0.39, 0.29) is 0 Å². The Morgan fingerprint density at radius 1 is 0.900 bits per heavy atom. The molecular weight excluding hydrogens is 250 g/mol. The molecule has 0 spiro atoms. The minimum atomic E-state index is -0.407. The Morgan fingerprint density at radius 2 is 1.60 bits per heavy atom. The van der Waals surface area contributed by atoms with Crippen molar-refractivity contribution in [3.05, 3.63) is 66.2 Å². The quantitative estimate of drug-likeness (QED) is 0.925. The fourth-order valence-electron chi connectivity index (χ4n) is 2.49. The SMILES string of the molecule is c1ccc(NCC2(c3ccccc3)COCCO2)cc1. The van der Waals surface area contributed by atoms with E-state index in [2.05, 4.69) is 29.6 Å².